The van der Waals surface area contributed by atoms with Gasteiger partial charge in [0.1, 0.15) is 18.1 Å². The highest BCUT2D eigenvalue weighted by molar-refractivity contribution is 9.10. The lowest BCUT2D eigenvalue weighted by atomic mass is 10.2. The molecule has 1 aliphatic rings. The van der Waals surface area contributed by atoms with Gasteiger partial charge in [0.2, 0.25) is 11.8 Å². The van der Waals surface area contributed by atoms with Crippen molar-refractivity contribution in [2.75, 3.05) is 25.2 Å². The maximum atomic E-state index is 12.2. The fraction of sp³-hybridized carbons (Fsp3) is 0.294. The van der Waals surface area contributed by atoms with Crippen LogP contribution in [-0.2, 0) is 16.1 Å². The molecular weight excluding hydrogens is 392 g/mol. The number of furan rings is 1. The number of carbonyl (C=O) groups excluding carboxylic acids is 2. The first-order valence-corrected chi connectivity index (χ1v) is 9.42. The van der Waals surface area contributed by atoms with Crippen LogP contribution in [0, 0.1) is 0 Å². The summed E-state index contributed by atoms with van der Waals surface area (Å²) in [5.74, 6) is 2.47. The first-order chi connectivity index (χ1) is 11.5. The Morgan fingerprint density at radius 3 is 2.71 bits per heavy atom. The Hall–Kier alpha value is -1.73. The van der Waals surface area contributed by atoms with Gasteiger partial charge in [-0.05, 0) is 24.3 Å². The number of rotatable bonds is 5. The third-order valence-electron chi connectivity index (χ3n) is 3.76. The number of thioether (sulfide) groups is 1. The molecule has 1 aromatic heterocycles. The minimum atomic E-state index is -0.0903. The van der Waals surface area contributed by atoms with Crippen molar-refractivity contribution in [3.63, 3.8) is 0 Å². The van der Waals surface area contributed by atoms with Crippen molar-refractivity contribution in [3.8, 4) is 11.3 Å². The van der Waals surface area contributed by atoms with Crippen molar-refractivity contribution < 1.29 is 14.0 Å². The van der Waals surface area contributed by atoms with Gasteiger partial charge in [-0.15, -0.1) is 11.8 Å². The summed E-state index contributed by atoms with van der Waals surface area (Å²) in [4.78, 5) is 27.0. The zero-order chi connectivity index (χ0) is 17.1. The van der Waals surface area contributed by atoms with Crippen molar-refractivity contribution in [1.29, 1.82) is 0 Å². The minimum Gasteiger partial charge on any atom is -0.459 e. The van der Waals surface area contributed by atoms with E-state index in [1.54, 1.807) is 16.8 Å². The number of carbonyl (C=O) groups is 2. The van der Waals surface area contributed by atoms with E-state index in [0.717, 1.165) is 15.8 Å². The molecule has 24 heavy (non-hydrogen) atoms. The number of amides is 2. The number of likely N-dealkylation sites (N-methyl/N-ethyl adjacent to an activating group) is 1. The SMILES string of the molecule is CN(Cc1ccc(-c2ccc(Br)cc2)o1)C(=O)CN1CSCC1=O. The van der Waals surface area contributed by atoms with Crippen LogP contribution in [0.15, 0.2) is 45.3 Å². The highest BCUT2D eigenvalue weighted by Gasteiger charge is 2.24. The standard InChI is InChI=1S/C17H17BrN2O3S/c1-19(16(21)9-20-11-24-10-17(20)22)8-14-6-7-15(23-14)12-2-4-13(18)5-3-12/h2-7H,8-11H2,1H3. The smallest absolute Gasteiger partial charge is 0.242 e. The van der Waals surface area contributed by atoms with Gasteiger partial charge in [-0.2, -0.15) is 0 Å². The molecule has 0 saturated carbocycles. The predicted octanol–water partition coefficient (Wildman–Crippen LogP) is 3.20. The summed E-state index contributed by atoms with van der Waals surface area (Å²) in [6, 6.07) is 11.6. The molecule has 0 unspecified atom stereocenters. The van der Waals surface area contributed by atoms with Crippen LogP contribution in [0.1, 0.15) is 5.76 Å². The second kappa shape index (κ2) is 7.44. The van der Waals surface area contributed by atoms with Crippen LogP contribution >= 0.6 is 27.7 Å². The van der Waals surface area contributed by atoms with Gasteiger partial charge < -0.3 is 14.2 Å². The minimum absolute atomic E-state index is 0.0253. The van der Waals surface area contributed by atoms with Crippen molar-refractivity contribution in [2.45, 2.75) is 6.54 Å². The molecule has 1 aromatic carbocycles. The Morgan fingerprint density at radius 1 is 1.29 bits per heavy atom. The zero-order valence-corrected chi connectivity index (χ0v) is 15.6. The molecule has 1 aliphatic heterocycles. The Kier molecular flexibility index (Phi) is 5.30. The van der Waals surface area contributed by atoms with Gasteiger partial charge in [-0.1, -0.05) is 28.1 Å². The maximum Gasteiger partial charge on any atom is 0.242 e. The summed E-state index contributed by atoms with van der Waals surface area (Å²) in [6.07, 6.45) is 0. The molecule has 2 heterocycles. The van der Waals surface area contributed by atoms with Crippen molar-refractivity contribution in [2.24, 2.45) is 0 Å². The fourth-order valence-electron chi connectivity index (χ4n) is 2.38. The fourth-order valence-corrected chi connectivity index (χ4v) is 3.55. The molecule has 7 heteroatoms. The van der Waals surface area contributed by atoms with Crippen molar-refractivity contribution in [3.05, 3.63) is 46.6 Å². The Bertz CT molecular complexity index is 745. The summed E-state index contributed by atoms with van der Waals surface area (Å²) >= 11 is 4.94. The van der Waals surface area contributed by atoms with Gasteiger partial charge in [0.25, 0.3) is 0 Å². The van der Waals surface area contributed by atoms with Crippen LogP contribution in [0.4, 0.5) is 0 Å². The van der Waals surface area contributed by atoms with Crippen LogP contribution in [0.2, 0.25) is 0 Å². The number of halogens is 1. The molecular formula is C17H17BrN2O3S. The van der Waals surface area contributed by atoms with Crippen LogP contribution in [0.5, 0.6) is 0 Å². The molecule has 0 aliphatic carbocycles. The van der Waals surface area contributed by atoms with Crippen LogP contribution < -0.4 is 0 Å². The van der Waals surface area contributed by atoms with Gasteiger partial charge in [-0.25, -0.2) is 0 Å². The summed E-state index contributed by atoms with van der Waals surface area (Å²) in [7, 11) is 1.72. The summed E-state index contributed by atoms with van der Waals surface area (Å²) in [5.41, 5.74) is 0.984. The summed E-state index contributed by atoms with van der Waals surface area (Å²) in [5, 5.41) is 0. The lowest BCUT2D eigenvalue weighted by Gasteiger charge is -2.20. The van der Waals surface area contributed by atoms with E-state index in [0.29, 0.717) is 23.9 Å². The molecule has 126 valence electrons. The monoisotopic (exact) mass is 408 g/mol. The molecule has 2 amide bonds. The normalized spacial score (nSPS) is 14.2. The Balaban J connectivity index is 1.60. The van der Waals surface area contributed by atoms with Crippen LogP contribution in [-0.4, -0.2) is 46.8 Å². The molecule has 0 N–H and O–H groups in total. The van der Waals surface area contributed by atoms with E-state index in [4.69, 9.17) is 4.42 Å². The molecule has 0 bridgehead atoms. The Morgan fingerprint density at radius 2 is 2.04 bits per heavy atom. The molecule has 1 fully saturated rings. The number of nitrogens with zero attached hydrogens (tertiary/aromatic N) is 2. The predicted molar refractivity (Wildman–Crippen MR) is 97.4 cm³/mol. The van der Waals surface area contributed by atoms with E-state index < -0.39 is 0 Å². The second-order valence-corrected chi connectivity index (χ2v) is 7.46. The zero-order valence-electron chi connectivity index (χ0n) is 13.2. The molecule has 1 saturated heterocycles. The Labute approximate surface area is 153 Å². The molecule has 0 spiro atoms. The third kappa shape index (κ3) is 4.02. The average molecular weight is 409 g/mol. The summed E-state index contributed by atoms with van der Waals surface area (Å²) in [6.45, 7) is 0.507. The highest BCUT2D eigenvalue weighted by Crippen LogP contribution is 2.24. The van der Waals surface area contributed by atoms with Crippen LogP contribution in [0.25, 0.3) is 11.3 Å². The maximum absolute atomic E-state index is 12.2. The number of hydrogen-bond acceptors (Lipinski definition) is 4. The van der Waals surface area contributed by atoms with Crippen molar-refractivity contribution >= 4 is 39.5 Å². The number of benzene rings is 1. The van der Waals surface area contributed by atoms with Gasteiger partial charge in [0, 0.05) is 17.1 Å². The first kappa shape index (κ1) is 17.1. The second-order valence-electron chi connectivity index (χ2n) is 5.59. The highest BCUT2D eigenvalue weighted by atomic mass is 79.9. The van der Waals surface area contributed by atoms with E-state index in [9.17, 15) is 9.59 Å². The molecule has 0 atom stereocenters. The molecule has 5 nitrogen and oxygen atoms in total. The molecule has 3 rings (SSSR count). The summed E-state index contributed by atoms with van der Waals surface area (Å²) < 4.78 is 6.84. The largest absolute Gasteiger partial charge is 0.459 e. The van der Waals surface area contributed by atoms with Gasteiger partial charge in [-0.3, -0.25) is 9.59 Å². The lowest BCUT2D eigenvalue weighted by molar-refractivity contribution is -0.137. The third-order valence-corrected chi connectivity index (χ3v) is 5.23. The van der Waals surface area contributed by atoms with Gasteiger partial charge >= 0.3 is 0 Å². The quantitative estimate of drug-likeness (QED) is 0.761. The molecule has 2 aromatic rings. The lowest BCUT2D eigenvalue weighted by Crippen LogP contribution is -2.38. The molecule has 0 radical (unpaired) electrons. The van der Waals surface area contributed by atoms with Gasteiger partial charge in [0.15, 0.2) is 0 Å². The van der Waals surface area contributed by atoms with E-state index in [2.05, 4.69) is 15.9 Å². The van der Waals surface area contributed by atoms with E-state index in [1.165, 1.54) is 11.8 Å². The van der Waals surface area contributed by atoms with Gasteiger partial charge in [0.05, 0.1) is 18.2 Å². The average Bonchev–Trinajstić information content (AvgIpc) is 3.18. The van der Waals surface area contributed by atoms with Crippen LogP contribution in [0.3, 0.4) is 0 Å². The van der Waals surface area contributed by atoms with E-state index >= 15 is 0 Å². The van der Waals surface area contributed by atoms with E-state index in [1.807, 2.05) is 36.4 Å². The number of hydrogen-bond donors (Lipinski definition) is 0. The van der Waals surface area contributed by atoms with E-state index in [-0.39, 0.29) is 18.4 Å². The topological polar surface area (TPSA) is 53.8 Å². The van der Waals surface area contributed by atoms with Crippen molar-refractivity contribution in [1.82, 2.24) is 9.80 Å². The first-order valence-electron chi connectivity index (χ1n) is 7.47.